The van der Waals surface area contributed by atoms with E-state index in [1.807, 2.05) is 0 Å². The topological polar surface area (TPSA) is 133 Å². The van der Waals surface area contributed by atoms with Crippen molar-refractivity contribution in [3.63, 3.8) is 0 Å². The summed E-state index contributed by atoms with van der Waals surface area (Å²) < 4.78 is 93.1. The molecule has 0 fully saturated rings. The summed E-state index contributed by atoms with van der Waals surface area (Å²) in [5.41, 5.74) is -7.06. The van der Waals surface area contributed by atoms with Gasteiger partial charge in [0.05, 0.1) is 17.0 Å². The summed E-state index contributed by atoms with van der Waals surface area (Å²) in [5.74, 6) is -0.517. The number of primary sulfonamides is 1. The minimum absolute atomic E-state index is 0.145. The Kier molecular flexibility index (Phi) is 8.90. The second-order valence-electron chi connectivity index (χ2n) is 8.41. The Hall–Kier alpha value is -2.29. The van der Waals surface area contributed by atoms with Gasteiger partial charge in [-0.15, -0.1) is 11.8 Å². The van der Waals surface area contributed by atoms with E-state index >= 15 is 0 Å². The Morgan fingerprint density at radius 3 is 2.17 bits per heavy atom. The molecule has 194 valence electrons. The van der Waals surface area contributed by atoms with E-state index in [0.29, 0.717) is 6.07 Å². The molecular weight excluding hydrogens is 529 g/mol. The molecule has 0 amide bonds. The minimum Gasteiger partial charge on any atom is -0.460 e. The number of sulfonamides is 1. The van der Waals surface area contributed by atoms with Gasteiger partial charge in [0.2, 0.25) is 10.0 Å². The van der Waals surface area contributed by atoms with Crippen LogP contribution < -0.4 is 10.5 Å². The summed E-state index contributed by atoms with van der Waals surface area (Å²) in [4.78, 5) is 11.1. The summed E-state index contributed by atoms with van der Waals surface area (Å²) in [6, 6.07) is 10.1. The standard InChI is InChI=1S/C21H25F3N2O6S3/c1-20(2,3)32-19(27)11-14(13-33-15-7-5-4-6-8-15)26-17-10-9-16(35(25,30)31)12-18(17)34(28,29)21(22,23)24/h4-10,12,14,26H,11,13H2,1-3H3,(H2,25,30,31). The highest BCUT2D eigenvalue weighted by Gasteiger charge is 2.48. The van der Waals surface area contributed by atoms with Crippen LogP contribution in [0.3, 0.4) is 0 Å². The van der Waals surface area contributed by atoms with Crippen LogP contribution in [0.5, 0.6) is 0 Å². The van der Waals surface area contributed by atoms with Crippen LogP contribution in [0.4, 0.5) is 18.9 Å². The number of benzene rings is 2. The third-order valence-electron chi connectivity index (χ3n) is 4.26. The van der Waals surface area contributed by atoms with Gasteiger partial charge >= 0.3 is 11.5 Å². The molecule has 2 rings (SSSR count). The normalized spacial score (nSPS) is 13.8. The largest absolute Gasteiger partial charge is 0.501 e. The number of anilines is 1. The van der Waals surface area contributed by atoms with Crippen molar-refractivity contribution in [2.75, 3.05) is 11.1 Å². The molecule has 0 spiro atoms. The molecule has 3 N–H and O–H groups in total. The van der Waals surface area contributed by atoms with E-state index < -0.39 is 58.5 Å². The number of carbonyl (C=O) groups is 1. The first kappa shape index (κ1) is 28.9. The maximum absolute atomic E-state index is 13.4. The molecule has 14 heteroatoms. The monoisotopic (exact) mass is 554 g/mol. The molecule has 0 aliphatic carbocycles. The molecule has 2 aromatic carbocycles. The van der Waals surface area contributed by atoms with Crippen molar-refractivity contribution >= 4 is 43.3 Å². The number of carbonyl (C=O) groups excluding carboxylic acids is 1. The van der Waals surface area contributed by atoms with E-state index in [0.717, 1.165) is 17.0 Å². The lowest BCUT2D eigenvalue weighted by molar-refractivity contribution is -0.154. The highest BCUT2D eigenvalue weighted by Crippen LogP contribution is 2.36. The maximum atomic E-state index is 13.4. The molecule has 0 saturated carbocycles. The van der Waals surface area contributed by atoms with Crippen molar-refractivity contribution in [3.05, 3.63) is 48.5 Å². The number of nitrogens with one attached hydrogen (secondary N) is 1. The third kappa shape index (κ3) is 8.40. The van der Waals surface area contributed by atoms with Crippen LogP contribution in [-0.4, -0.2) is 45.7 Å². The number of halogens is 3. The second kappa shape index (κ2) is 10.8. The van der Waals surface area contributed by atoms with E-state index in [4.69, 9.17) is 9.88 Å². The van der Waals surface area contributed by atoms with Gasteiger partial charge in [0.25, 0.3) is 9.84 Å². The fraction of sp³-hybridized carbons (Fsp3) is 0.381. The van der Waals surface area contributed by atoms with Crippen LogP contribution in [0.15, 0.2) is 63.2 Å². The number of rotatable bonds is 9. The number of hydrogen-bond acceptors (Lipinski definition) is 8. The van der Waals surface area contributed by atoms with Gasteiger partial charge in [-0.25, -0.2) is 22.0 Å². The highest BCUT2D eigenvalue weighted by atomic mass is 32.2. The van der Waals surface area contributed by atoms with Gasteiger partial charge in [-0.1, -0.05) is 18.2 Å². The van der Waals surface area contributed by atoms with Crippen LogP contribution in [0.1, 0.15) is 27.2 Å². The molecule has 35 heavy (non-hydrogen) atoms. The molecule has 0 aliphatic rings. The van der Waals surface area contributed by atoms with E-state index in [-0.39, 0.29) is 12.2 Å². The van der Waals surface area contributed by atoms with E-state index in [2.05, 4.69) is 5.32 Å². The lowest BCUT2D eigenvalue weighted by Crippen LogP contribution is -2.32. The van der Waals surface area contributed by atoms with Crippen LogP contribution in [0.2, 0.25) is 0 Å². The Bertz CT molecular complexity index is 1260. The van der Waals surface area contributed by atoms with Gasteiger partial charge in [0.1, 0.15) is 10.5 Å². The van der Waals surface area contributed by atoms with Crippen molar-refractivity contribution in [3.8, 4) is 0 Å². The fourth-order valence-corrected chi connectivity index (χ4v) is 5.32. The number of thioether (sulfide) groups is 1. The molecule has 0 heterocycles. The zero-order valence-electron chi connectivity index (χ0n) is 19.0. The fourth-order valence-electron chi connectivity index (χ4n) is 2.82. The van der Waals surface area contributed by atoms with Gasteiger partial charge in [0.15, 0.2) is 0 Å². The predicted molar refractivity (Wildman–Crippen MR) is 126 cm³/mol. The van der Waals surface area contributed by atoms with Crippen molar-refractivity contribution in [1.82, 2.24) is 0 Å². The van der Waals surface area contributed by atoms with Crippen LogP contribution in [-0.2, 0) is 29.4 Å². The first-order valence-corrected chi connectivity index (χ1v) is 14.1. The van der Waals surface area contributed by atoms with Crippen molar-refractivity contribution < 1.29 is 39.5 Å². The Labute approximate surface area is 206 Å². The number of esters is 1. The lowest BCUT2D eigenvalue weighted by Gasteiger charge is -2.24. The number of sulfone groups is 1. The molecule has 2 aromatic rings. The van der Waals surface area contributed by atoms with Gasteiger partial charge in [-0.3, -0.25) is 4.79 Å². The van der Waals surface area contributed by atoms with E-state index in [1.165, 1.54) is 11.8 Å². The maximum Gasteiger partial charge on any atom is 0.501 e. The average molecular weight is 555 g/mol. The smallest absolute Gasteiger partial charge is 0.460 e. The summed E-state index contributed by atoms with van der Waals surface area (Å²) in [5, 5.41) is 7.63. The second-order valence-corrected chi connectivity index (χ2v) is 13.0. The van der Waals surface area contributed by atoms with Crippen molar-refractivity contribution in [1.29, 1.82) is 0 Å². The minimum atomic E-state index is -5.97. The van der Waals surface area contributed by atoms with Crippen LogP contribution in [0, 0.1) is 0 Å². The Morgan fingerprint density at radius 2 is 1.66 bits per heavy atom. The van der Waals surface area contributed by atoms with Crippen molar-refractivity contribution in [2.24, 2.45) is 5.14 Å². The molecule has 0 aliphatic heterocycles. The van der Waals surface area contributed by atoms with E-state index in [9.17, 15) is 34.8 Å². The Balaban J connectivity index is 2.48. The first-order valence-electron chi connectivity index (χ1n) is 10.0. The molecule has 8 nitrogen and oxygen atoms in total. The van der Waals surface area contributed by atoms with Gasteiger partial charge < -0.3 is 10.1 Å². The highest BCUT2D eigenvalue weighted by molar-refractivity contribution is 7.99. The van der Waals surface area contributed by atoms with Crippen molar-refractivity contribution in [2.45, 2.75) is 59.0 Å². The van der Waals surface area contributed by atoms with Crippen LogP contribution in [0.25, 0.3) is 0 Å². The molecule has 1 atom stereocenters. The molecular formula is C21H25F3N2O6S3. The van der Waals surface area contributed by atoms with Gasteiger partial charge in [0, 0.05) is 16.7 Å². The van der Waals surface area contributed by atoms with Gasteiger partial charge in [-0.05, 0) is 51.1 Å². The van der Waals surface area contributed by atoms with E-state index in [1.54, 1.807) is 51.1 Å². The number of hydrogen-bond donors (Lipinski definition) is 2. The number of ether oxygens (including phenoxy) is 1. The molecule has 0 aromatic heterocycles. The molecule has 0 bridgehead atoms. The molecule has 0 saturated heterocycles. The summed E-state index contributed by atoms with van der Waals surface area (Å²) in [6.07, 6.45) is -0.306. The summed E-state index contributed by atoms with van der Waals surface area (Å²) in [7, 11) is -10.5. The first-order chi connectivity index (χ1) is 15.9. The Morgan fingerprint density at radius 1 is 1.06 bits per heavy atom. The quantitative estimate of drug-likeness (QED) is 0.352. The summed E-state index contributed by atoms with van der Waals surface area (Å²) >= 11 is 1.28. The molecule has 1 unspecified atom stereocenters. The third-order valence-corrected chi connectivity index (χ3v) is 7.87. The predicted octanol–water partition coefficient (Wildman–Crippen LogP) is 3.93. The van der Waals surface area contributed by atoms with Crippen LogP contribution >= 0.6 is 11.8 Å². The lowest BCUT2D eigenvalue weighted by atomic mass is 10.1. The average Bonchev–Trinajstić information content (AvgIpc) is 2.70. The van der Waals surface area contributed by atoms with Gasteiger partial charge in [-0.2, -0.15) is 13.2 Å². The molecule has 0 radical (unpaired) electrons. The zero-order chi connectivity index (χ0) is 26.7. The SMILES string of the molecule is CC(C)(C)OC(=O)CC(CSc1ccccc1)Nc1ccc(S(N)(=O)=O)cc1S(=O)(=O)C(F)(F)F. The number of nitrogens with two attached hydrogens (primary N) is 1. The number of alkyl halides is 3. The summed E-state index contributed by atoms with van der Waals surface area (Å²) in [6.45, 7) is 4.93. The zero-order valence-corrected chi connectivity index (χ0v) is 21.4.